The third-order valence-electron chi connectivity index (χ3n) is 3.91. The van der Waals surface area contributed by atoms with Crippen LogP contribution in [0.2, 0.25) is 0 Å². The first kappa shape index (κ1) is 18.0. The van der Waals surface area contributed by atoms with Crippen molar-refractivity contribution in [3.05, 3.63) is 59.7 Å². The second-order valence-electron chi connectivity index (χ2n) is 5.87. The Morgan fingerprint density at radius 2 is 1.58 bits per heavy atom. The fourth-order valence-electron chi connectivity index (χ4n) is 2.34. The molecule has 128 valence electrons. The molecule has 0 aliphatic rings. The van der Waals surface area contributed by atoms with Crippen LogP contribution < -0.4 is 9.21 Å². The third kappa shape index (κ3) is 4.35. The highest BCUT2D eigenvalue weighted by atomic mass is 32.2. The number of likely N-dealkylation sites (N-methyl/N-ethyl adjacent to an activating group) is 1. The van der Waals surface area contributed by atoms with Gasteiger partial charge in [-0.2, -0.15) is 0 Å². The molecule has 0 aromatic heterocycles. The van der Waals surface area contributed by atoms with Gasteiger partial charge >= 0.3 is 0 Å². The average Bonchev–Trinajstić information content (AvgIpc) is 2.52. The first-order valence-electron chi connectivity index (χ1n) is 7.54. The Balaban J connectivity index is 2.12. The molecular weight excluding hydrogens is 324 g/mol. The van der Waals surface area contributed by atoms with Crippen LogP contribution in [0.25, 0.3) is 0 Å². The highest BCUT2D eigenvalue weighted by Crippen LogP contribution is 2.21. The van der Waals surface area contributed by atoms with Gasteiger partial charge in [0.1, 0.15) is 0 Å². The Kier molecular flexibility index (Phi) is 5.29. The van der Waals surface area contributed by atoms with E-state index in [1.165, 1.54) is 11.4 Å². The number of hydrogen-bond donors (Lipinski definition) is 0. The number of carbonyl (C=O) groups is 1. The smallest absolute Gasteiger partial charge is 0.231 e. The Labute approximate surface area is 143 Å². The lowest BCUT2D eigenvalue weighted by Gasteiger charge is -2.20. The van der Waals surface area contributed by atoms with E-state index in [1.807, 2.05) is 31.2 Å². The molecule has 0 radical (unpaired) electrons. The van der Waals surface area contributed by atoms with Crippen molar-refractivity contribution in [3.63, 3.8) is 0 Å². The molecule has 2 rings (SSSR count). The number of anilines is 2. The second-order valence-corrected chi connectivity index (χ2v) is 7.88. The van der Waals surface area contributed by atoms with Gasteiger partial charge in [0.2, 0.25) is 15.9 Å². The first-order valence-corrected chi connectivity index (χ1v) is 9.39. The van der Waals surface area contributed by atoms with Crippen LogP contribution in [0.3, 0.4) is 0 Å². The van der Waals surface area contributed by atoms with Crippen LogP contribution in [0.1, 0.15) is 11.1 Å². The fourth-order valence-corrected chi connectivity index (χ4v) is 2.84. The largest absolute Gasteiger partial charge is 0.315 e. The molecule has 0 aliphatic carbocycles. The minimum Gasteiger partial charge on any atom is -0.315 e. The van der Waals surface area contributed by atoms with E-state index in [0.29, 0.717) is 12.1 Å². The van der Waals surface area contributed by atoms with E-state index >= 15 is 0 Å². The maximum Gasteiger partial charge on any atom is 0.231 e. The minimum absolute atomic E-state index is 0.0233. The SMILES string of the molecule is Cc1cccc(CC(=O)N(C)c2ccc(N(C)S(C)(=O)=O)cc2)c1. The van der Waals surface area contributed by atoms with Crippen molar-refractivity contribution in [1.29, 1.82) is 0 Å². The van der Waals surface area contributed by atoms with Crippen LogP contribution in [0, 0.1) is 6.92 Å². The zero-order chi connectivity index (χ0) is 17.9. The van der Waals surface area contributed by atoms with Crippen LogP contribution in [0.5, 0.6) is 0 Å². The van der Waals surface area contributed by atoms with Crippen LogP contribution in [0.4, 0.5) is 11.4 Å². The minimum atomic E-state index is -3.30. The molecule has 0 N–H and O–H groups in total. The molecular formula is C18H22N2O3S. The van der Waals surface area contributed by atoms with Gasteiger partial charge in [0.05, 0.1) is 18.4 Å². The van der Waals surface area contributed by atoms with Gasteiger partial charge < -0.3 is 4.90 Å². The predicted octanol–water partition coefficient (Wildman–Crippen LogP) is 2.60. The molecule has 1 amide bonds. The van der Waals surface area contributed by atoms with Crippen molar-refractivity contribution >= 4 is 27.3 Å². The van der Waals surface area contributed by atoms with Crippen molar-refractivity contribution < 1.29 is 13.2 Å². The highest BCUT2D eigenvalue weighted by molar-refractivity contribution is 7.92. The van der Waals surface area contributed by atoms with Gasteiger partial charge in [-0.15, -0.1) is 0 Å². The number of hydrogen-bond acceptors (Lipinski definition) is 3. The molecule has 5 nitrogen and oxygen atoms in total. The zero-order valence-corrected chi connectivity index (χ0v) is 15.2. The molecule has 0 aliphatic heterocycles. The maximum atomic E-state index is 12.4. The van der Waals surface area contributed by atoms with Crippen molar-refractivity contribution in [2.24, 2.45) is 0 Å². The van der Waals surface area contributed by atoms with Gasteiger partial charge in [0, 0.05) is 19.8 Å². The first-order chi connectivity index (χ1) is 11.2. The van der Waals surface area contributed by atoms with Crippen LogP contribution in [-0.2, 0) is 21.2 Å². The third-order valence-corrected chi connectivity index (χ3v) is 5.12. The van der Waals surface area contributed by atoms with E-state index in [2.05, 4.69) is 0 Å². The van der Waals surface area contributed by atoms with E-state index in [-0.39, 0.29) is 5.91 Å². The summed E-state index contributed by atoms with van der Waals surface area (Å²) in [6.07, 6.45) is 1.47. The van der Waals surface area contributed by atoms with E-state index in [4.69, 9.17) is 0 Å². The molecule has 24 heavy (non-hydrogen) atoms. The van der Waals surface area contributed by atoms with Gasteiger partial charge in [-0.25, -0.2) is 8.42 Å². The summed E-state index contributed by atoms with van der Waals surface area (Å²) < 4.78 is 24.3. The van der Waals surface area contributed by atoms with Crippen molar-refractivity contribution in [2.45, 2.75) is 13.3 Å². The van der Waals surface area contributed by atoms with Crippen LogP contribution >= 0.6 is 0 Å². The molecule has 0 atom stereocenters. The summed E-state index contributed by atoms with van der Waals surface area (Å²) in [5.41, 5.74) is 3.37. The van der Waals surface area contributed by atoms with Crippen molar-refractivity contribution in [1.82, 2.24) is 0 Å². The number of benzene rings is 2. The lowest BCUT2D eigenvalue weighted by molar-refractivity contribution is -0.117. The second kappa shape index (κ2) is 7.05. The van der Waals surface area contributed by atoms with Crippen LogP contribution in [-0.4, -0.2) is 34.7 Å². The summed E-state index contributed by atoms with van der Waals surface area (Å²) in [7, 11) is -0.0846. The number of nitrogens with zero attached hydrogens (tertiary/aromatic N) is 2. The molecule has 2 aromatic rings. The normalized spacial score (nSPS) is 11.2. The molecule has 0 spiro atoms. The topological polar surface area (TPSA) is 57.7 Å². The zero-order valence-electron chi connectivity index (χ0n) is 14.4. The molecule has 0 saturated carbocycles. The maximum absolute atomic E-state index is 12.4. The molecule has 0 unspecified atom stereocenters. The molecule has 0 heterocycles. The Morgan fingerprint density at radius 3 is 2.12 bits per heavy atom. The van der Waals surface area contributed by atoms with E-state index in [1.54, 1.807) is 36.2 Å². The van der Waals surface area contributed by atoms with Crippen molar-refractivity contribution in [3.8, 4) is 0 Å². The number of carbonyl (C=O) groups excluding carboxylic acids is 1. The Hall–Kier alpha value is -2.34. The van der Waals surface area contributed by atoms with Gasteiger partial charge in [0.25, 0.3) is 0 Å². The van der Waals surface area contributed by atoms with Crippen LogP contribution in [0.15, 0.2) is 48.5 Å². The summed E-state index contributed by atoms with van der Waals surface area (Å²) in [4.78, 5) is 14.0. The number of sulfonamides is 1. The standard InChI is InChI=1S/C18H22N2O3S/c1-14-6-5-7-15(12-14)13-18(21)19(2)16-8-10-17(11-9-16)20(3)24(4,22)23/h5-12H,13H2,1-4H3. The van der Waals surface area contributed by atoms with E-state index in [9.17, 15) is 13.2 Å². The summed E-state index contributed by atoms with van der Waals surface area (Å²) >= 11 is 0. The highest BCUT2D eigenvalue weighted by Gasteiger charge is 2.14. The van der Waals surface area contributed by atoms with Crippen molar-refractivity contribution in [2.75, 3.05) is 29.6 Å². The van der Waals surface area contributed by atoms with E-state index in [0.717, 1.165) is 23.1 Å². The average molecular weight is 346 g/mol. The number of rotatable bonds is 5. The fraction of sp³-hybridized carbons (Fsp3) is 0.278. The van der Waals surface area contributed by atoms with Gasteiger partial charge in [-0.1, -0.05) is 29.8 Å². The molecule has 0 fully saturated rings. The summed E-state index contributed by atoms with van der Waals surface area (Å²) in [6, 6.07) is 14.7. The Morgan fingerprint density at radius 1 is 1.00 bits per heavy atom. The summed E-state index contributed by atoms with van der Waals surface area (Å²) in [5.74, 6) is -0.0233. The quantitative estimate of drug-likeness (QED) is 0.836. The predicted molar refractivity (Wildman–Crippen MR) is 98.0 cm³/mol. The number of aryl methyl sites for hydroxylation is 1. The monoisotopic (exact) mass is 346 g/mol. The summed E-state index contributed by atoms with van der Waals surface area (Å²) in [6.45, 7) is 1.99. The number of amides is 1. The van der Waals surface area contributed by atoms with Gasteiger partial charge in [-0.3, -0.25) is 9.10 Å². The Bertz CT molecular complexity index is 830. The van der Waals surface area contributed by atoms with E-state index < -0.39 is 10.0 Å². The molecule has 6 heteroatoms. The lowest BCUT2D eigenvalue weighted by atomic mass is 10.1. The molecule has 0 bridgehead atoms. The molecule has 0 saturated heterocycles. The summed E-state index contributed by atoms with van der Waals surface area (Å²) in [5, 5.41) is 0. The van der Waals surface area contributed by atoms with Gasteiger partial charge in [0.15, 0.2) is 0 Å². The van der Waals surface area contributed by atoms with Gasteiger partial charge in [-0.05, 0) is 36.8 Å². The lowest BCUT2D eigenvalue weighted by Crippen LogP contribution is -2.28. The molecule has 2 aromatic carbocycles.